The summed E-state index contributed by atoms with van der Waals surface area (Å²) in [7, 11) is -3.80. The first kappa shape index (κ1) is 17.1. The first-order valence-electron chi connectivity index (χ1n) is 8.02. The maximum Gasteiger partial charge on any atom is 0.417 e. The molecule has 138 valence electrons. The smallest absolute Gasteiger partial charge is 0.417 e. The Labute approximate surface area is 153 Å². The Morgan fingerprint density at radius 1 is 1.04 bits per heavy atom. The molecule has 0 amide bonds. The minimum absolute atomic E-state index is 0.102. The Kier molecular flexibility index (Phi) is 3.88. The van der Waals surface area contributed by atoms with Crippen LogP contribution in [0.5, 0.6) is 0 Å². The SMILES string of the molecule is Cc1nc(-c2ccc(S(=O)(=O)Nc3ccc4oc(=O)[nH]c4c3)cc2)c(C)o1. The van der Waals surface area contributed by atoms with Crippen molar-refractivity contribution in [3.63, 3.8) is 0 Å². The van der Waals surface area contributed by atoms with E-state index in [1.54, 1.807) is 26.0 Å². The lowest BCUT2D eigenvalue weighted by atomic mass is 10.1. The van der Waals surface area contributed by atoms with Gasteiger partial charge in [-0.3, -0.25) is 9.71 Å². The molecule has 9 heteroatoms. The highest BCUT2D eigenvalue weighted by molar-refractivity contribution is 7.92. The van der Waals surface area contributed by atoms with Crippen LogP contribution in [0.2, 0.25) is 0 Å². The fourth-order valence-electron chi connectivity index (χ4n) is 2.82. The minimum Gasteiger partial charge on any atom is -0.446 e. The number of anilines is 1. The van der Waals surface area contributed by atoms with E-state index in [4.69, 9.17) is 8.83 Å². The number of oxazole rings is 2. The summed E-state index contributed by atoms with van der Waals surface area (Å²) in [5, 5.41) is 0. The summed E-state index contributed by atoms with van der Waals surface area (Å²) in [4.78, 5) is 18.1. The zero-order valence-electron chi connectivity index (χ0n) is 14.4. The van der Waals surface area contributed by atoms with Crippen molar-refractivity contribution in [3.05, 3.63) is 64.7 Å². The lowest BCUT2D eigenvalue weighted by Crippen LogP contribution is -2.12. The highest BCUT2D eigenvalue weighted by atomic mass is 32.2. The summed E-state index contributed by atoms with van der Waals surface area (Å²) in [6, 6.07) is 10.9. The summed E-state index contributed by atoms with van der Waals surface area (Å²) in [5.41, 5.74) is 2.52. The molecule has 2 aromatic heterocycles. The van der Waals surface area contributed by atoms with Crippen LogP contribution in [0.1, 0.15) is 11.7 Å². The number of aryl methyl sites for hydroxylation is 2. The van der Waals surface area contributed by atoms with Gasteiger partial charge in [0.2, 0.25) is 0 Å². The number of nitrogens with zero attached hydrogens (tertiary/aromatic N) is 1. The standard InChI is InChI=1S/C18H15N3O5S/c1-10-17(19-11(2)25-10)12-3-6-14(7-4-12)27(23,24)21-13-5-8-16-15(9-13)20-18(22)26-16/h3-9,21H,1-2H3,(H,20,22). The van der Waals surface area contributed by atoms with Crippen molar-refractivity contribution in [2.24, 2.45) is 0 Å². The predicted octanol–water partition coefficient (Wildman–Crippen LogP) is 3.19. The third kappa shape index (κ3) is 3.24. The van der Waals surface area contributed by atoms with E-state index in [9.17, 15) is 13.2 Å². The number of sulfonamides is 1. The summed E-state index contributed by atoms with van der Waals surface area (Å²) in [6.45, 7) is 3.56. The van der Waals surface area contributed by atoms with Crippen LogP contribution in [0.3, 0.4) is 0 Å². The van der Waals surface area contributed by atoms with E-state index >= 15 is 0 Å². The molecule has 8 nitrogen and oxygen atoms in total. The number of hydrogen-bond acceptors (Lipinski definition) is 6. The number of benzene rings is 2. The Balaban J connectivity index is 1.62. The molecule has 4 rings (SSSR count). The van der Waals surface area contributed by atoms with E-state index in [1.165, 1.54) is 30.3 Å². The van der Waals surface area contributed by atoms with Gasteiger partial charge < -0.3 is 8.83 Å². The van der Waals surface area contributed by atoms with Crippen LogP contribution in [0.25, 0.3) is 22.4 Å². The van der Waals surface area contributed by atoms with Crippen molar-refractivity contribution >= 4 is 26.8 Å². The summed E-state index contributed by atoms with van der Waals surface area (Å²) < 4.78 is 38.0. The van der Waals surface area contributed by atoms with Gasteiger partial charge in [-0.05, 0) is 37.3 Å². The van der Waals surface area contributed by atoms with Gasteiger partial charge in [0.1, 0.15) is 11.5 Å². The van der Waals surface area contributed by atoms with Crippen LogP contribution < -0.4 is 10.5 Å². The zero-order valence-corrected chi connectivity index (χ0v) is 15.3. The molecule has 0 fully saturated rings. The average Bonchev–Trinajstić information content (AvgIpc) is 3.14. The van der Waals surface area contributed by atoms with E-state index in [0.29, 0.717) is 34.1 Å². The van der Waals surface area contributed by atoms with E-state index in [1.807, 2.05) is 0 Å². The fraction of sp³-hybridized carbons (Fsp3) is 0.111. The second-order valence-corrected chi connectivity index (χ2v) is 7.68. The minimum atomic E-state index is -3.80. The Bertz CT molecular complexity index is 1300. The van der Waals surface area contributed by atoms with Crippen LogP contribution in [-0.2, 0) is 10.0 Å². The molecule has 2 N–H and O–H groups in total. The molecule has 4 aromatic rings. The van der Waals surface area contributed by atoms with Crippen LogP contribution in [0, 0.1) is 13.8 Å². The number of H-pyrrole nitrogens is 1. The molecule has 0 atom stereocenters. The summed E-state index contributed by atoms with van der Waals surface area (Å²) in [6.07, 6.45) is 0. The lowest BCUT2D eigenvalue weighted by molar-refractivity contribution is 0.495. The maximum absolute atomic E-state index is 12.6. The van der Waals surface area contributed by atoms with Gasteiger partial charge in [-0.15, -0.1) is 0 Å². The van der Waals surface area contributed by atoms with Crippen molar-refractivity contribution in [2.45, 2.75) is 18.7 Å². The number of nitrogens with one attached hydrogen (secondary N) is 2. The first-order valence-corrected chi connectivity index (χ1v) is 9.50. The molecular weight excluding hydrogens is 370 g/mol. The maximum atomic E-state index is 12.6. The van der Waals surface area contributed by atoms with E-state index in [-0.39, 0.29) is 4.90 Å². The van der Waals surface area contributed by atoms with E-state index in [2.05, 4.69) is 14.7 Å². The molecule has 2 heterocycles. The number of rotatable bonds is 4. The molecular formula is C18H15N3O5S. The number of hydrogen-bond donors (Lipinski definition) is 2. The topological polar surface area (TPSA) is 118 Å². The fourth-order valence-corrected chi connectivity index (χ4v) is 3.87. The number of aromatic amines is 1. The Hall–Kier alpha value is -3.33. The molecule has 2 aromatic carbocycles. The normalized spacial score (nSPS) is 11.8. The molecule has 0 aliphatic rings. The summed E-state index contributed by atoms with van der Waals surface area (Å²) in [5.74, 6) is 0.621. The first-order chi connectivity index (χ1) is 12.8. The van der Waals surface area contributed by atoms with Gasteiger partial charge in [0.05, 0.1) is 16.1 Å². The molecule has 0 aliphatic heterocycles. The summed E-state index contributed by atoms with van der Waals surface area (Å²) >= 11 is 0. The van der Waals surface area contributed by atoms with E-state index in [0.717, 1.165) is 5.56 Å². The van der Waals surface area contributed by atoms with Gasteiger partial charge >= 0.3 is 5.76 Å². The van der Waals surface area contributed by atoms with Crippen molar-refractivity contribution in [3.8, 4) is 11.3 Å². The Morgan fingerprint density at radius 3 is 2.44 bits per heavy atom. The van der Waals surface area contributed by atoms with Crippen LogP contribution in [0.4, 0.5) is 5.69 Å². The quantitative estimate of drug-likeness (QED) is 0.557. The van der Waals surface area contributed by atoms with Crippen LogP contribution in [-0.4, -0.2) is 18.4 Å². The van der Waals surface area contributed by atoms with Gasteiger partial charge in [-0.1, -0.05) is 12.1 Å². The predicted molar refractivity (Wildman–Crippen MR) is 99.1 cm³/mol. The second kappa shape index (κ2) is 6.13. The molecule has 0 spiro atoms. The molecule has 0 aliphatic carbocycles. The highest BCUT2D eigenvalue weighted by Gasteiger charge is 2.16. The van der Waals surface area contributed by atoms with Crippen molar-refractivity contribution in [1.82, 2.24) is 9.97 Å². The molecule has 0 saturated carbocycles. The molecule has 0 unspecified atom stereocenters. The molecule has 0 saturated heterocycles. The number of aromatic nitrogens is 2. The Morgan fingerprint density at radius 2 is 1.78 bits per heavy atom. The van der Waals surface area contributed by atoms with Gasteiger partial charge in [0.25, 0.3) is 10.0 Å². The lowest BCUT2D eigenvalue weighted by Gasteiger charge is -2.08. The molecule has 0 radical (unpaired) electrons. The van der Waals surface area contributed by atoms with Gasteiger partial charge in [-0.2, -0.15) is 0 Å². The van der Waals surface area contributed by atoms with Gasteiger partial charge in [-0.25, -0.2) is 18.2 Å². The van der Waals surface area contributed by atoms with Crippen molar-refractivity contribution in [1.29, 1.82) is 0 Å². The van der Waals surface area contributed by atoms with Gasteiger partial charge in [0.15, 0.2) is 11.5 Å². The van der Waals surface area contributed by atoms with Gasteiger partial charge in [0, 0.05) is 12.5 Å². The number of fused-ring (bicyclic) bond motifs is 1. The monoisotopic (exact) mass is 385 g/mol. The third-order valence-electron chi connectivity index (χ3n) is 4.01. The van der Waals surface area contributed by atoms with Crippen LogP contribution >= 0.6 is 0 Å². The molecule has 0 bridgehead atoms. The largest absolute Gasteiger partial charge is 0.446 e. The van der Waals surface area contributed by atoms with E-state index < -0.39 is 15.8 Å². The van der Waals surface area contributed by atoms with Crippen molar-refractivity contribution in [2.75, 3.05) is 4.72 Å². The third-order valence-corrected chi connectivity index (χ3v) is 5.41. The average molecular weight is 385 g/mol. The molecule has 27 heavy (non-hydrogen) atoms. The highest BCUT2D eigenvalue weighted by Crippen LogP contribution is 2.25. The zero-order chi connectivity index (χ0) is 19.2. The second-order valence-electron chi connectivity index (χ2n) is 5.99. The van der Waals surface area contributed by atoms with Crippen molar-refractivity contribution < 1.29 is 17.3 Å². The van der Waals surface area contributed by atoms with Crippen LogP contribution in [0.15, 0.2) is 61.0 Å².